The Morgan fingerprint density at radius 1 is 1.12 bits per heavy atom. The highest BCUT2D eigenvalue weighted by Gasteiger charge is 2.37. The number of fused-ring (bicyclic) bond motifs is 3. The average Bonchev–Trinajstić information content (AvgIpc) is 2.86. The highest BCUT2D eigenvalue weighted by Crippen LogP contribution is 2.37. The van der Waals surface area contributed by atoms with Crippen molar-refractivity contribution in [2.24, 2.45) is 7.05 Å². The first-order valence-electron chi connectivity index (χ1n) is 9.89. The van der Waals surface area contributed by atoms with E-state index in [0.717, 1.165) is 24.8 Å². The number of hydrogen-bond donors (Lipinski definition) is 0. The summed E-state index contributed by atoms with van der Waals surface area (Å²) in [4.78, 5) is 12.5. The predicted octanol–water partition coefficient (Wildman–Crippen LogP) is 6.00. The molecule has 0 amide bonds. The molecule has 0 spiro atoms. The number of ketones is 1. The molecule has 0 radical (unpaired) electrons. The van der Waals surface area contributed by atoms with Gasteiger partial charge < -0.3 is 8.99 Å². The summed E-state index contributed by atoms with van der Waals surface area (Å²) in [5.41, 5.74) is 4.61. The van der Waals surface area contributed by atoms with Crippen LogP contribution in [0.1, 0.15) is 68.1 Å². The monoisotopic (exact) mass is 371 g/mol. The SMILES string of the molecule is Cn1c(CO[Si](C)(C)C(C)(C)C)cc2c3c(ccc21)C(=O)CCCCC3. The van der Waals surface area contributed by atoms with Gasteiger partial charge in [0.05, 0.1) is 6.61 Å². The molecule has 1 aromatic carbocycles. The lowest BCUT2D eigenvalue weighted by Gasteiger charge is -2.36. The standard InChI is InChI=1S/C22H33NO2Si/c1-22(2,3)26(5,6)25-15-16-14-19-17-10-8-7-9-11-21(24)18(17)12-13-20(19)23(16)4/h12-14H,7-11,15H2,1-6H3. The van der Waals surface area contributed by atoms with Gasteiger partial charge in [0.2, 0.25) is 0 Å². The summed E-state index contributed by atoms with van der Waals surface area (Å²) < 4.78 is 8.69. The summed E-state index contributed by atoms with van der Waals surface area (Å²) in [6.45, 7) is 12.1. The zero-order valence-corrected chi connectivity index (χ0v) is 18.2. The lowest BCUT2D eigenvalue weighted by molar-refractivity contribution is 0.0976. The van der Waals surface area contributed by atoms with Gasteiger partial charge >= 0.3 is 0 Å². The molecule has 4 heteroatoms. The molecule has 0 aliphatic heterocycles. The molecule has 3 rings (SSSR count). The zero-order valence-electron chi connectivity index (χ0n) is 17.2. The summed E-state index contributed by atoms with van der Waals surface area (Å²) in [6.07, 6.45) is 5.04. The van der Waals surface area contributed by atoms with E-state index in [2.05, 4.69) is 57.6 Å². The Morgan fingerprint density at radius 3 is 2.50 bits per heavy atom. The predicted molar refractivity (Wildman–Crippen MR) is 111 cm³/mol. The Bertz CT molecular complexity index is 827. The van der Waals surface area contributed by atoms with Crippen molar-refractivity contribution in [3.05, 3.63) is 35.0 Å². The second-order valence-electron chi connectivity index (χ2n) is 9.25. The van der Waals surface area contributed by atoms with E-state index in [-0.39, 0.29) is 5.04 Å². The van der Waals surface area contributed by atoms with Gasteiger partial charge in [0.15, 0.2) is 14.1 Å². The number of carbonyl (C=O) groups is 1. The number of nitrogens with zero attached hydrogens (tertiary/aromatic N) is 1. The molecule has 0 unspecified atom stereocenters. The van der Waals surface area contributed by atoms with Crippen molar-refractivity contribution in [3.8, 4) is 0 Å². The second-order valence-corrected chi connectivity index (χ2v) is 14.1. The molecule has 0 saturated carbocycles. The van der Waals surface area contributed by atoms with Gasteiger partial charge in [-0.2, -0.15) is 0 Å². The third kappa shape index (κ3) is 3.54. The normalized spacial score (nSPS) is 16.5. The third-order valence-electron chi connectivity index (χ3n) is 6.46. The summed E-state index contributed by atoms with van der Waals surface area (Å²) in [6, 6.07) is 6.42. The van der Waals surface area contributed by atoms with Gasteiger partial charge in [-0.1, -0.05) is 27.2 Å². The number of hydrogen-bond acceptors (Lipinski definition) is 2. The first-order chi connectivity index (χ1) is 12.1. The fourth-order valence-corrected chi connectivity index (χ4v) is 4.50. The van der Waals surface area contributed by atoms with E-state index in [1.165, 1.54) is 28.6 Å². The van der Waals surface area contributed by atoms with E-state index in [1.807, 2.05) is 6.07 Å². The van der Waals surface area contributed by atoms with Crippen LogP contribution in [0.15, 0.2) is 18.2 Å². The topological polar surface area (TPSA) is 31.2 Å². The maximum atomic E-state index is 12.5. The molecule has 0 bridgehead atoms. The minimum Gasteiger partial charge on any atom is -0.411 e. The van der Waals surface area contributed by atoms with Crippen LogP contribution in [0.3, 0.4) is 0 Å². The smallest absolute Gasteiger partial charge is 0.192 e. The summed E-state index contributed by atoms with van der Waals surface area (Å²) in [5, 5.41) is 1.45. The van der Waals surface area contributed by atoms with Gasteiger partial charge in [-0.25, -0.2) is 0 Å². The minimum absolute atomic E-state index is 0.208. The highest BCUT2D eigenvalue weighted by atomic mass is 28.4. The van der Waals surface area contributed by atoms with Gasteiger partial charge in [-0.3, -0.25) is 4.79 Å². The zero-order chi connectivity index (χ0) is 19.1. The summed E-state index contributed by atoms with van der Waals surface area (Å²) >= 11 is 0. The third-order valence-corrected chi connectivity index (χ3v) is 10.9. The van der Waals surface area contributed by atoms with Gasteiger partial charge in [0, 0.05) is 35.6 Å². The van der Waals surface area contributed by atoms with Crippen molar-refractivity contribution in [2.75, 3.05) is 0 Å². The fourth-order valence-electron chi connectivity index (χ4n) is 3.56. The molecule has 26 heavy (non-hydrogen) atoms. The Labute approximate surface area is 158 Å². The molecule has 0 fully saturated rings. The van der Waals surface area contributed by atoms with E-state index in [4.69, 9.17) is 4.43 Å². The first-order valence-corrected chi connectivity index (χ1v) is 12.8. The van der Waals surface area contributed by atoms with Crippen molar-refractivity contribution in [3.63, 3.8) is 0 Å². The Kier molecular flexibility index (Phi) is 5.19. The van der Waals surface area contributed by atoms with Crippen LogP contribution >= 0.6 is 0 Å². The molecular formula is C22H33NO2Si. The maximum absolute atomic E-state index is 12.5. The molecule has 142 valence electrons. The van der Waals surface area contributed by atoms with E-state index in [0.29, 0.717) is 18.8 Å². The van der Waals surface area contributed by atoms with E-state index >= 15 is 0 Å². The fraction of sp³-hybridized carbons (Fsp3) is 0.591. The van der Waals surface area contributed by atoms with Gasteiger partial charge in [-0.05, 0) is 61.2 Å². The molecule has 2 aromatic rings. The number of carbonyl (C=O) groups excluding carboxylic acids is 1. The molecule has 1 aliphatic carbocycles. The van der Waals surface area contributed by atoms with Crippen molar-refractivity contribution in [2.45, 2.75) is 77.6 Å². The van der Waals surface area contributed by atoms with Crippen molar-refractivity contribution < 1.29 is 9.22 Å². The Morgan fingerprint density at radius 2 is 1.81 bits per heavy atom. The van der Waals surface area contributed by atoms with Crippen LogP contribution in [0.5, 0.6) is 0 Å². The van der Waals surface area contributed by atoms with Crippen molar-refractivity contribution in [1.82, 2.24) is 4.57 Å². The first kappa shape index (κ1) is 19.4. The number of aryl methyl sites for hydroxylation is 2. The molecule has 1 aliphatic rings. The summed E-state index contributed by atoms with van der Waals surface area (Å²) in [7, 11) is 0.334. The van der Waals surface area contributed by atoms with Crippen LogP contribution < -0.4 is 0 Å². The number of rotatable bonds is 3. The molecule has 3 nitrogen and oxygen atoms in total. The number of aromatic nitrogens is 1. The Balaban J connectivity index is 1.98. The van der Waals surface area contributed by atoms with Gasteiger partial charge in [-0.15, -0.1) is 0 Å². The van der Waals surface area contributed by atoms with Crippen LogP contribution in [0.2, 0.25) is 18.1 Å². The number of Topliss-reactive ketones (excluding diaryl/α,β-unsaturated/α-hetero) is 1. The molecule has 0 N–H and O–H groups in total. The molecular weight excluding hydrogens is 338 g/mol. The van der Waals surface area contributed by atoms with Gasteiger partial charge in [0.25, 0.3) is 0 Å². The minimum atomic E-state index is -1.78. The molecule has 1 aromatic heterocycles. The van der Waals surface area contributed by atoms with Crippen LogP contribution in [-0.2, 0) is 24.5 Å². The van der Waals surface area contributed by atoms with Crippen molar-refractivity contribution >= 4 is 25.0 Å². The van der Waals surface area contributed by atoms with E-state index < -0.39 is 8.32 Å². The van der Waals surface area contributed by atoms with Crippen LogP contribution in [0.4, 0.5) is 0 Å². The largest absolute Gasteiger partial charge is 0.411 e. The Hall–Kier alpha value is -1.39. The maximum Gasteiger partial charge on any atom is 0.192 e. The van der Waals surface area contributed by atoms with E-state index in [1.54, 1.807) is 0 Å². The van der Waals surface area contributed by atoms with Crippen LogP contribution in [0, 0.1) is 0 Å². The lowest BCUT2D eigenvalue weighted by atomic mass is 9.90. The summed E-state index contributed by atoms with van der Waals surface area (Å²) in [5.74, 6) is 0.310. The molecule has 0 atom stereocenters. The van der Waals surface area contributed by atoms with Crippen LogP contribution in [-0.4, -0.2) is 18.7 Å². The lowest BCUT2D eigenvalue weighted by Crippen LogP contribution is -2.40. The van der Waals surface area contributed by atoms with E-state index in [9.17, 15) is 4.79 Å². The average molecular weight is 372 g/mol. The van der Waals surface area contributed by atoms with Crippen molar-refractivity contribution in [1.29, 1.82) is 0 Å². The quantitative estimate of drug-likeness (QED) is 0.620. The van der Waals surface area contributed by atoms with Crippen LogP contribution in [0.25, 0.3) is 10.9 Å². The molecule has 1 heterocycles. The van der Waals surface area contributed by atoms with Gasteiger partial charge in [0.1, 0.15) is 0 Å². The highest BCUT2D eigenvalue weighted by molar-refractivity contribution is 6.74. The molecule has 0 saturated heterocycles. The second kappa shape index (κ2) is 6.97. The number of benzene rings is 1.